The minimum absolute atomic E-state index is 0.0370. The summed E-state index contributed by atoms with van der Waals surface area (Å²) in [5.74, 6) is 0.897. The van der Waals surface area contributed by atoms with Crippen LogP contribution in [0.25, 0.3) is 0 Å². The van der Waals surface area contributed by atoms with Gasteiger partial charge in [-0.3, -0.25) is 14.7 Å². The predicted molar refractivity (Wildman–Crippen MR) is 99.3 cm³/mol. The number of guanidine groups is 1. The first-order valence-corrected chi connectivity index (χ1v) is 9.19. The van der Waals surface area contributed by atoms with Gasteiger partial charge in [0.15, 0.2) is 5.96 Å². The number of piperidine rings is 1. The van der Waals surface area contributed by atoms with Crippen LogP contribution in [0, 0.1) is 5.92 Å². The number of hydrogen-bond acceptors (Lipinski definition) is 4. The number of nitrogens with zero attached hydrogens (tertiary/aromatic N) is 3. The number of esters is 1. The van der Waals surface area contributed by atoms with Gasteiger partial charge in [-0.05, 0) is 47.0 Å². The zero-order chi connectivity index (χ0) is 18.1. The molecule has 1 aliphatic heterocycles. The van der Waals surface area contributed by atoms with Crippen LogP contribution in [0.3, 0.4) is 0 Å². The normalized spacial score (nSPS) is 17.0. The third kappa shape index (κ3) is 6.30. The maximum Gasteiger partial charge on any atom is 0.308 e. The maximum atomic E-state index is 11.6. The van der Waals surface area contributed by atoms with Gasteiger partial charge in [0.1, 0.15) is 0 Å². The molecule has 1 rings (SSSR count). The molecule has 140 valence electrons. The van der Waals surface area contributed by atoms with Crippen molar-refractivity contribution in [3.05, 3.63) is 0 Å². The van der Waals surface area contributed by atoms with E-state index in [4.69, 9.17) is 4.74 Å². The quantitative estimate of drug-likeness (QED) is 0.332. The Morgan fingerprint density at radius 3 is 2.29 bits per heavy atom. The molecular formula is C18H36N4O2. The lowest BCUT2D eigenvalue weighted by Crippen LogP contribution is -2.47. The van der Waals surface area contributed by atoms with E-state index < -0.39 is 0 Å². The number of rotatable bonds is 7. The average molecular weight is 341 g/mol. The van der Waals surface area contributed by atoms with Crippen LogP contribution >= 0.6 is 0 Å². The van der Waals surface area contributed by atoms with Crippen molar-refractivity contribution in [3.63, 3.8) is 0 Å². The summed E-state index contributed by atoms with van der Waals surface area (Å²) < 4.78 is 4.84. The number of aliphatic imine (C=N–C) groups is 1. The average Bonchev–Trinajstić information content (AvgIpc) is 2.57. The van der Waals surface area contributed by atoms with Crippen LogP contribution in [0.1, 0.15) is 47.0 Å². The molecule has 0 aliphatic carbocycles. The van der Waals surface area contributed by atoms with Crippen molar-refractivity contribution in [1.82, 2.24) is 15.1 Å². The summed E-state index contributed by atoms with van der Waals surface area (Å²) in [5.41, 5.74) is 0. The summed E-state index contributed by atoms with van der Waals surface area (Å²) in [4.78, 5) is 20.7. The number of carbonyl (C=O) groups is 1. The molecule has 0 aromatic heterocycles. The molecule has 0 atom stereocenters. The molecular weight excluding hydrogens is 304 g/mol. The van der Waals surface area contributed by atoms with E-state index in [1.807, 2.05) is 7.05 Å². The number of nitrogens with one attached hydrogen (secondary N) is 1. The highest BCUT2D eigenvalue weighted by Gasteiger charge is 2.26. The molecule has 0 amide bonds. The zero-order valence-corrected chi connectivity index (χ0v) is 16.3. The molecule has 0 spiro atoms. The second-order valence-electron chi connectivity index (χ2n) is 7.04. The third-order valence-corrected chi connectivity index (χ3v) is 4.74. The van der Waals surface area contributed by atoms with Crippen LogP contribution in [0.15, 0.2) is 4.99 Å². The minimum Gasteiger partial charge on any atom is -0.469 e. The summed E-state index contributed by atoms with van der Waals surface area (Å²) in [5, 5.41) is 3.46. The highest BCUT2D eigenvalue weighted by Crippen LogP contribution is 2.18. The van der Waals surface area contributed by atoms with Gasteiger partial charge in [0, 0.05) is 45.3 Å². The molecule has 24 heavy (non-hydrogen) atoms. The highest BCUT2D eigenvalue weighted by molar-refractivity contribution is 5.80. The minimum atomic E-state index is -0.0833. The first-order chi connectivity index (χ1) is 11.4. The van der Waals surface area contributed by atoms with Gasteiger partial charge in [0.2, 0.25) is 0 Å². The van der Waals surface area contributed by atoms with Crippen LogP contribution in [-0.4, -0.2) is 74.1 Å². The van der Waals surface area contributed by atoms with Gasteiger partial charge in [-0.1, -0.05) is 0 Å². The van der Waals surface area contributed by atoms with Crippen LogP contribution in [0.5, 0.6) is 0 Å². The zero-order valence-electron chi connectivity index (χ0n) is 16.3. The predicted octanol–water partition coefficient (Wildman–Crippen LogP) is 1.96. The summed E-state index contributed by atoms with van der Waals surface area (Å²) in [7, 11) is 3.29. The summed E-state index contributed by atoms with van der Waals surface area (Å²) in [6.45, 7) is 12.7. The first-order valence-electron chi connectivity index (χ1n) is 9.19. The monoisotopic (exact) mass is 340 g/mol. The molecule has 1 N–H and O–H groups in total. The molecule has 6 heteroatoms. The van der Waals surface area contributed by atoms with E-state index in [2.05, 4.69) is 47.8 Å². The molecule has 6 nitrogen and oxygen atoms in total. The van der Waals surface area contributed by atoms with Crippen LogP contribution in [0.4, 0.5) is 0 Å². The lowest BCUT2D eigenvalue weighted by Gasteiger charge is -2.33. The fourth-order valence-corrected chi connectivity index (χ4v) is 3.40. The van der Waals surface area contributed by atoms with Crippen molar-refractivity contribution >= 4 is 11.9 Å². The Hall–Kier alpha value is -1.30. The van der Waals surface area contributed by atoms with E-state index in [0.29, 0.717) is 12.1 Å². The number of methoxy groups -OCH3 is 1. The van der Waals surface area contributed by atoms with E-state index in [0.717, 1.165) is 51.4 Å². The SMILES string of the molecule is CN=C(NCCCN(C(C)C)C(C)C)N1CCC(C(=O)OC)CC1. The van der Waals surface area contributed by atoms with Gasteiger partial charge in [0.25, 0.3) is 0 Å². The largest absolute Gasteiger partial charge is 0.469 e. The molecule has 0 bridgehead atoms. The number of hydrogen-bond donors (Lipinski definition) is 1. The highest BCUT2D eigenvalue weighted by atomic mass is 16.5. The van der Waals surface area contributed by atoms with Crippen LogP contribution in [-0.2, 0) is 9.53 Å². The fraction of sp³-hybridized carbons (Fsp3) is 0.889. The molecule has 0 unspecified atom stereocenters. The number of carbonyl (C=O) groups excluding carboxylic acids is 1. The summed E-state index contributed by atoms with van der Waals surface area (Å²) in [6, 6.07) is 1.14. The van der Waals surface area contributed by atoms with Gasteiger partial charge < -0.3 is 15.0 Å². The van der Waals surface area contributed by atoms with Gasteiger partial charge >= 0.3 is 5.97 Å². The van der Waals surface area contributed by atoms with E-state index in [-0.39, 0.29) is 11.9 Å². The molecule has 0 aromatic rings. The van der Waals surface area contributed by atoms with E-state index in [9.17, 15) is 4.79 Å². The molecule has 0 aromatic carbocycles. The van der Waals surface area contributed by atoms with Gasteiger partial charge in [-0.25, -0.2) is 0 Å². The van der Waals surface area contributed by atoms with Crippen molar-refractivity contribution in [1.29, 1.82) is 0 Å². The summed E-state index contributed by atoms with van der Waals surface area (Å²) >= 11 is 0. The topological polar surface area (TPSA) is 57.2 Å². The number of likely N-dealkylation sites (tertiary alicyclic amines) is 1. The van der Waals surface area contributed by atoms with Crippen molar-refractivity contribution < 1.29 is 9.53 Å². The first kappa shape index (κ1) is 20.7. The van der Waals surface area contributed by atoms with Gasteiger partial charge in [-0.15, -0.1) is 0 Å². The third-order valence-electron chi connectivity index (χ3n) is 4.74. The molecule has 0 saturated carbocycles. The Labute approximate surface area is 147 Å². The Kier molecular flexibility index (Phi) is 9.11. The standard InChI is InChI=1S/C18H36N4O2/c1-14(2)22(15(3)4)11-7-10-20-18(19-5)21-12-8-16(9-13-21)17(23)24-6/h14-16H,7-13H2,1-6H3,(H,19,20). The van der Waals surface area contributed by atoms with Crippen LogP contribution < -0.4 is 5.32 Å². The Morgan fingerprint density at radius 2 is 1.83 bits per heavy atom. The van der Waals surface area contributed by atoms with Gasteiger partial charge in [-0.2, -0.15) is 0 Å². The Bertz CT molecular complexity index is 394. The lowest BCUT2D eigenvalue weighted by atomic mass is 9.97. The second-order valence-corrected chi connectivity index (χ2v) is 7.04. The lowest BCUT2D eigenvalue weighted by molar-refractivity contribution is -0.146. The van der Waals surface area contributed by atoms with E-state index in [1.54, 1.807) is 0 Å². The molecule has 1 aliphatic rings. The van der Waals surface area contributed by atoms with Gasteiger partial charge in [0.05, 0.1) is 13.0 Å². The number of ether oxygens (including phenoxy) is 1. The smallest absolute Gasteiger partial charge is 0.308 e. The van der Waals surface area contributed by atoms with Crippen molar-refractivity contribution in [3.8, 4) is 0 Å². The molecule has 1 saturated heterocycles. The van der Waals surface area contributed by atoms with Crippen LogP contribution in [0.2, 0.25) is 0 Å². The Morgan fingerprint density at radius 1 is 1.25 bits per heavy atom. The summed E-state index contributed by atoms with van der Waals surface area (Å²) in [6.07, 6.45) is 2.76. The molecule has 0 radical (unpaired) electrons. The maximum absolute atomic E-state index is 11.6. The van der Waals surface area contributed by atoms with Crippen molar-refractivity contribution in [2.75, 3.05) is 40.3 Å². The Balaban J connectivity index is 2.35. The fourth-order valence-electron chi connectivity index (χ4n) is 3.40. The molecule has 1 fully saturated rings. The van der Waals surface area contributed by atoms with Crippen molar-refractivity contribution in [2.24, 2.45) is 10.9 Å². The van der Waals surface area contributed by atoms with E-state index in [1.165, 1.54) is 7.11 Å². The second kappa shape index (κ2) is 10.5. The molecule has 1 heterocycles. The van der Waals surface area contributed by atoms with Crippen molar-refractivity contribution in [2.45, 2.75) is 59.0 Å². The van der Waals surface area contributed by atoms with E-state index >= 15 is 0 Å².